The van der Waals surface area contributed by atoms with E-state index in [1.807, 2.05) is 23.9 Å². The van der Waals surface area contributed by atoms with Crippen molar-refractivity contribution in [2.24, 2.45) is 0 Å². The number of hydrogen-bond donors (Lipinski definition) is 1. The highest BCUT2D eigenvalue weighted by Crippen LogP contribution is 2.25. The fraction of sp³-hybridized carbons (Fsp3) is 0.294. The van der Waals surface area contributed by atoms with Gasteiger partial charge in [0.15, 0.2) is 0 Å². The van der Waals surface area contributed by atoms with E-state index >= 15 is 0 Å². The second kappa shape index (κ2) is 6.27. The van der Waals surface area contributed by atoms with Gasteiger partial charge in [-0.2, -0.15) is 0 Å². The first-order chi connectivity index (χ1) is 9.04. The quantitative estimate of drug-likeness (QED) is 0.818. The number of rotatable bonds is 4. The molecule has 0 heterocycles. The molecule has 0 spiro atoms. The van der Waals surface area contributed by atoms with Crippen LogP contribution in [-0.4, -0.2) is 5.11 Å². The summed E-state index contributed by atoms with van der Waals surface area (Å²) < 4.78 is 0. The van der Waals surface area contributed by atoms with Crippen LogP contribution in [0.4, 0.5) is 0 Å². The Hall–Kier alpha value is -1.25. The molecule has 2 rings (SSSR count). The van der Waals surface area contributed by atoms with Crippen LogP contribution in [-0.2, 0) is 5.75 Å². The third-order valence-corrected chi connectivity index (χ3v) is 4.13. The van der Waals surface area contributed by atoms with Crippen LogP contribution < -0.4 is 0 Å². The van der Waals surface area contributed by atoms with Crippen molar-refractivity contribution in [2.45, 2.75) is 37.5 Å². The maximum atomic E-state index is 9.48. The summed E-state index contributed by atoms with van der Waals surface area (Å²) >= 11 is 1.83. The average molecular weight is 272 g/mol. The van der Waals surface area contributed by atoms with Crippen LogP contribution in [0.15, 0.2) is 47.4 Å². The molecule has 0 saturated heterocycles. The smallest absolute Gasteiger partial charge is 0.0761 e. The minimum atomic E-state index is -0.390. The van der Waals surface area contributed by atoms with Gasteiger partial charge in [-0.15, -0.1) is 11.8 Å². The molecular weight excluding hydrogens is 252 g/mol. The van der Waals surface area contributed by atoms with Crippen molar-refractivity contribution in [1.29, 1.82) is 0 Å². The summed E-state index contributed by atoms with van der Waals surface area (Å²) in [6, 6.07) is 14.8. The molecule has 2 aromatic carbocycles. The van der Waals surface area contributed by atoms with Crippen molar-refractivity contribution < 1.29 is 5.11 Å². The first-order valence-electron chi connectivity index (χ1n) is 6.52. The molecule has 0 aliphatic heterocycles. The molecule has 0 aromatic heterocycles. The van der Waals surface area contributed by atoms with Gasteiger partial charge in [0.1, 0.15) is 0 Å². The molecule has 2 heteroatoms. The highest BCUT2D eigenvalue weighted by atomic mass is 32.2. The monoisotopic (exact) mass is 272 g/mol. The van der Waals surface area contributed by atoms with Crippen molar-refractivity contribution in [3.8, 4) is 0 Å². The van der Waals surface area contributed by atoms with E-state index in [0.29, 0.717) is 0 Å². The number of benzene rings is 2. The van der Waals surface area contributed by atoms with Crippen molar-refractivity contribution in [3.05, 3.63) is 64.7 Å². The SMILES string of the molecule is Cc1cc(C)cc(CSc2ccc(C(C)O)cc2)c1. The zero-order chi connectivity index (χ0) is 13.8. The van der Waals surface area contributed by atoms with Crippen molar-refractivity contribution >= 4 is 11.8 Å². The highest BCUT2D eigenvalue weighted by Gasteiger charge is 2.02. The first-order valence-corrected chi connectivity index (χ1v) is 7.51. The Kier molecular flexibility index (Phi) is 4.67. The largest absolute Gasteiger partial charge is 0.389 e. The minimum absolute atomic E-state index is 0.390. The molecule has 0 saturated carbocycles. The Bertz CT molecular complexity index is 523. The lowest BCUT2D eigenvalue weighted by Crippen LogP contribution is -1.90. The lowest BCUT2D eigenvalue weighted by Gasteiger charge is -2.07. The second-order valence-corrected chi connectivity index (χ2v) is 6.08. The van der Waals surface area contributed by atoms with Crippen LogP contribution in [0.3, 0.4) is 0 Å². The third-order valence-electron chi connectivity index (χ3n) is 3.05. The maximum absolute atomic E-state index is 9.48. The molecule has 1 N–H and O–H groups in total. The summed E-state index contributed by atoms with van der Waals surface area (Å²) in [4.78, 5) is 1.24. The number of aryl methyl sites for hydroxylation is 2. The third kappa shape index (κ3) is 4.12. The van der Waals surface area contributed by atoms with Crippen LogP contribution in [0.2, 0.25) is 0 Å². The van der Waals surface area contributed by atoms with Crippen LogP contribution in [0.5, 0.6) is 0 Å². The molecule has 0 amide bonds. The van der Waals surface area contributed by atoms with Crippen LogP contribution in [0.1, 0.15) is 35.3 Å². The summed E-state index contributed by atoms with van der Waals surface area (Å²) in [5, 5.41) is 9.48. The summed E-state index contributed by atoms with van der Waals surface area (Å²) in [5.41, 5.74) is 4.97. The van der Waals surface area contributed by atoms with Crippen LogP contribution in [0, 0.1) is 13.8 Å². The number of hydrogen-bond acceptors (Lipinski definition) is 2. The predicted octanol–water partition coefficient (Wildman–Crippen LogP) is 4.65. The predicted molar refractivity (Wildman–Crippen MR) is 82.6 cm³/mol. The van der Waals surface area contributed by atoms with E-state index in [1.165, 1.54) is 21.6 Å². The van der Waals surface area contributed by atoms with E-state index < -0.39 is 6.10 Å². The maximum Gasteiger partial charge on any atom is 0.0761 e. The van der Waals surface area contributed by atoms with Crippen LogP contribution in [0.25, 0.3) is 0 Å². The summed E-state index contributed by atoms with van der Waals surface area (Å²) in [5.74, 6) is 0.983. The number of aliphatic hydroxyl groups is 1. The fourth-order valence-corrected chi connectivity index (χ4v) is 2.99. The standard InChI is InChI=1S/C17H20OS/c1-12-8-13(2)10-15(9-12)11-19-17-6-4-16(5-7-17)14(3)18/h4-10,14,18H,11H2,1-3H3. The van der Waals surface area contributed by atoms with Gasteiger partial charge in [0.05, 0.1) is 6.10 Å². The van der Waals surface area contributed by atoms with Gasteiger partial charge in [-0.25, -0.2) is 0 Å². The second-order valence-electron chi connectivity index (χ2n) is 5.03. The minimum Gasteiger partial charge on any atom is -0.389 e. The normalized spacial score (nSPS) is 12.4. The van der Waals surface area contributed by atoms with E-state index in [0.717, 1.165) is 11.3 Å². The van der Waals surface area contributed by atoms with Gasteiger partial charge >= 0.3 is 0 Å². The molecular formula is C17H20OS. The van der Waals surface area contributed by atoms with Gasteiger partial charge in [0.25, 0.3) is 0 Å². The molecule has 19 heavy (non-hydrogen) atoms. The molecule has 1 nitrogen and oxygen atoms in total. The fourth-order valence-electron chi connectivity index (χ4n) is 2.16. The van der Waals surface area contributed by atoms with Gasteiger partial charge in [-0.05, 0) is 44.0 Å². The molecule has 2 aromatic rings. The van der Waals surface area contributed by atoms with Crippen LogP contribution >= 0.6 is 11.8 Å². The van der Waals surface area contributed by atoms with Crippen molar-refractivity contribution in [3.63, 3.8) is 0 Å². The Labute approximate surface area is 119 Å². The zero-order valence-electron chi connectivity index (χ0n) is 11.7. The number of aliphatic hydroxyl groups excluding tert-OH is 1. The summed E-state index contributed by atoms with van der Waals surface area (Å²) in [7, 11) is 0. The molecule has 0 fully saturated rings. The van der Waals surface area contributed by atoms with Gasteiger partial charge in [-0.1, -0.05) is 41.5 Å². The molecule has 100 valence electrons. The van der Waals surface area contributed by atoms with E-state index in [2.05, 4.69) is 44.2 Å². The van der Waals surface area contributed by atoms with Gasteiger partial charge < -0.3 is 5.11 Å². The van der Waals surface area contributed by atoms with E-state index in [9.17, 15) is 5.11 Å². The molecule has 0 aliphatic carbocycles. The molecule has 0 bridgehead atoms. The van der Waals surface area contributed by atoms with E-state index in [1.54, 1.807) is 6.92 Å². The zero-order valence-corrected chi connectivity index (χ0v) is 12.5. The molecule has 1 unspecified atom stereocenters. The molecule has 0 aliphatic rings. The first kappa shape index (κ1) is 14.2. The van der Waals surface area contributed by atoms with Gasteiger partial charge in [0.2, 0.25) is 0 Å². The Balaban J connectivity index is 2.02. The Morgan fingerprint density at radius 3 is 2.11 bits per heavy atom. The van der Waals surface area contributed by atoms with Gasteiger partial charge in [0, 0.05) is 10.6 Å². The average Bonchev–Trinajstić information content (AvgIpc) is 2.36. The molecule has 0 radical (unpaired) electrons. The van der Waals surface area contributed by atoms with Gasteiger partial charge in [-0.3, -0.25) is 0 Å². The highest BCUT2D eigenvalue weighted by molar-refractivity contribution is 7.98. The molecule has 1 atom stereocenters. The number of thioether (sulfide) groups is 1. The van der Waals surface area contributed by atoms with E-state index in [-0.39, 0.29) is 0 Å². The summed E-state index contributed by atoms with van der Waals surface area (Å²) in [6.07, 6.45) is -0.390. The Morgan fingerprint density at radius 1 is 1.00 bits per heavy atom. The van der Waals surface area contributed by atoms with Crippen molar-refractivity contribution in [2.75, 3.05) is 0 Å². The lowest BCUT2D eigenvalue weighted by atomic mass is 10.1. The van der Waals surface area contributed by atoms with E-state index in [4.69, 9.17) is 0 Å². The summed E-state index contributed by atoms with van der Waals surface area (Å²) in [6.45, 7) is 6.06. The topological polar surface area (TPSA) is 20.2 Å². The lowest BCUT2D eigenvalue weighted by molar-refractivity contribution is 0.199. The van der Waals surface area contributed by atoms with Crippen molar-refractivity contribution in [1.82, 2.24) is 0 Å². The Morgan fingerprint density at radius 2 is 1.58 bits per heavy atom.